The molecule has 0 fully saturated rings. The van der Waals surface area contributed by atoms with E-state index in [9.17, 15) is 14.4 Å². The molecule has 2 aliphatic heterocycles. The van der Waals surface area contributed by atoms with Crippen LogP contribution in [0.5, 0.6) is 0 Å². The fraction of sp³-hybridized carbons (Fsp3) is 0.227. The number of anilines is 1. The third-order valence-electron chi connectivity index (χ3n) is 5.38. The van der Waals surface area contributed by atoms with Crippen LogP contribution in [0, 0.1) is 13.8 Å². The van der Waals surface area contributed by atoms with Gasteiger partial charge in [-0.3, -0.25) is 9.69 Å². The molecule has 0 aliphatic carbocycles. The molecule has 1 atom stereocenters. The van der Waals surface area contributed by atoms with Gasteiger partial charge in [-0.05, 0) is 48.7 Å². The summed E-state index contributed by atoms with van der Waals surface area (Å²) < 4.78 is 5.18. The number of nitrogens with zero attached hydrogens (tertiary/aromatic N) is 1. The molecule has 0 bridgehead atoms. The van der Waals surface area contributed by atoms with Gasteiger partial charge in [0.15, 0.2) is 0 Å². The summed E-state index contributed by atoms with van der Waals surface area (Å²) in [6.07, 6.45) is 0. The van der Waals surface area contributed by atoms with Crippen LogP contribution in [0.4, 0.5) is 10.5 Å². The highest BCUT2D eigenvalue weighted by molar-refractivity contribution is 6.30. The van der Waals surface area contributed by atoms with E-state index in [1.807, 2.05) is 26.0 Å². The SMILES string of the molecule is Cc1cccc(NC(=O)CN2C(=O)N[C@H](c3ccc(Cl)cc3)C3=C2COC3=O)c1C. The summed E-state index contributed by atoms with van der Waals surface area (Å²) in [5.41, 5.74) is 4.13. The van der Waals surface area contributed by atoms with Crippen LogP contribution in [0.3, 0.4) is 0 Å². The Hall–Kier alpha value is -3.32. The van der Waals surface area contributed by atoms with E-state index in [1.54, 1.807) is 30.3 Å². The van der Waals surface area contributed by atoms with Crippen molar-refractivity contribution in [3.8, 4) is 0 Å². The highest BCUT2D eigenvalue weighted by Gasteiger charge is 2.42. The predicted molar refractivity (Wildman–Crippen MR) is 112 cm³/mol. The number of aryl methyl sites for hydroxylation is 1. The first-order valence-corrected chi connectivity index (χ1v) is 9.82. The molecular weight excluding hydrogens is 406 g/mol. The van der Waals surface area contributed by atoms with Gasteiger partial charge < -0.3 is 15.4 Å². The Morgan fingerprint density at radius 3 is 2.67 bits per heavy atom. The number of amides is 3. The minimum atomic E-state index is -0.655. The Bertz CT molecular complexity index is 1080. The molecule has 2 N–H and O–H groups in total. The molecule has 2 aromatic carbocycles. The van der Waals surface area contributed by atoms with Crippen molar-refractivity contribution in [2.75, 3.05) is 18.5 Å². The fourth-order valence-corrected chi connectivity index (χ4v) is 3.73. The molecule has 4 rings (SSSR count). The molecule has 0 spiro atoms. The number of halogens is 1. The van der Waals surface area contributed by atoms with Gasteiger partial charge in [-0.15, -0.1) is 0 Å². The van der Waals surface area contributed by atoms with Crippen molar-refractivity contribution in [3.63, 3.8) is 0 Å². The first kappa shape index (κ1) is 20.0. The lowest BCUT2D eigenvalue weighted by Crippen LogP contribution is -2.49. The van der Waals surface area contributed by atoms with Crippen LogP contribution >= 0.6 is 11.6 Å². The summed E-state index contributed by atoms with van der Waals surface area (Å²) in [5.74, 6) is -0.875. The molecule has 0 unspecified atom stereocenters. The van der Waals surface area contributed by atoms with Gasteiger partial charge in [0.05, 0.1) is 17.3 Å². The molecule has 0 saturated carbocycles. The molecule has 3 amide bonds. The standard InChI is InChI=1S/C22H20ClN3O4/c1-12-4-3-5-16(13(12)2)24-18(27)10-26-17-11-30-21(28)19(17)20(25-22(26)29)14-6-8-15(23)9-7-14/h3-9,20H,10-11H2,1-2H3,(H,24,27)(H,25,29)/t20-/m1/s1. The van der Waals surface area contributed by atoms with Gasteiger partial charge in [0, 0.05) is 10.7 Å². The van der Waals surface area contributed by atoms with Crippen LogP contribution in [-0.2, 0) is 14.3 Å². The molecule has 8 heteroatoms. The summed E-state index contributed by atoms with van der Waals surface area (Å²) in [7, 11) is 0. The Morgan fingerprint density at radius 1 is 1.20 bits per heavy atom. The average molecular weight is 426 g/mol. The zero-order valence-electron chi connectivity index (χ0n) is 16.5. The second kappa shape index (κ2) is 7.84. The third kappa shape index (κ3) is 3.64. The van der Waals surface area contributed by atoms with Gasteiger partial charge in [0.25, 0.3) is 0 Å². The maximum atomic E-state index is 12.8. The highest BCUT2D eigenvalue weighted by atomic mass is 35.5. The molecule has 30 heavy (non-hydrogen) atoms. The Balaban J connectivity index is 1.60. The summed E-state index contributed by atoms with van der Waals surface area (Å²) in [4.78, 5) is 39.1. The van der Waals surface area contributed by atoms with Crippen LogP contribution in [-0.4, -0.2) is 36.0 Å². The number of nitrogens with one attached hydrogen (secondary N) is 2. The third-order valence-corrected chi connectivity index (χ3v) is 5.63. The lowest BCUT2D eigenvalue weighted by atomic mass is 9.96. The molecule has 2 aromatic rings. The number of rotatable bonds is 4. The molecule has 0 saturated heterocycles. The van der Waals surface area contributed by atoms with E-state index in [-0.39, 0.29) is 19.1 Å². The number of hydrogen-bond donors (Lipinski definition) is 2. The van der Waals surface area contributed by atoms with Crippen LogP contribution in [0.25, 0.3) is 0 Å². The van der Waals surface area contributed by atoms with Gasteiger partial charge >= 0.3 is 12.0 Å². The summed E-state index contributed by atoms with van der Waals surface area (Å²) in [5, 5.41) is 6.18. The molecular formula is C22H20ClN3O4. The van der Waals surface area contributed by atoms with E-state index in [2.05, 4.69) is 10.6 Å². The van der Waals surface area contributed by atoms with Crippen LogP contribution in [0.15, 0.2) is 53.7 Å². The van der Waals surface area contributed by atoms with Crippen molar-refractivity contribution in [2.24, 2.45) is 0 Å². The second-order valence-electron chi connectivity index (χ2n) is 7.25. The molecule has 2 aliphatic rings. The van der Waals surface area contributed by atoms with Crippen LogP contribution in [0.1, 0.15) is 22.7 Å². The molecule has 7 nitrogen and oxygen atoms in total. The topological polar surface area (TPSA) is 87.7 Å². The quantitative estimate of drug-likeness (QED) is 0.734. The lowest BCUT2D eigenvalue weighted by molar-refractivity contribution is -0.136. The van der Waals surface area contributed by atoms with E-state index in [0.717, 1.165) is 11.1 Å². The minimum Gasteiger partial charge on any atom is -0.456 e. The van der Waals surface area contributed by atoms with Gasteiger partial charge in [0.1, 0.15) is 13.2 Å². The zero-order valence-corrected chi connectivity index (χ0v) is 17.2. The van der Waals surface area contributed by atoms with Gasteiger partial charge in [-0.25, -0.2) is 9.59 Å². The Labute approximate surface area is 178 Å². The van der Waals surface area contributed by atoms with Gasteiger partial charge in [-0.1, -0.05) is 35.9 Å². The van der Waals surface area contributed by atoms with E-state index >= 15 is 0 Å². The second-order valence-corrected chi connectivity index (χ2v) is 7.69. The normalized spacial score (nSPS) is 18.1. The van der Waals surface area contributed by atoms with Crippen molar-refractivity contribution in [2.45, 2.75) is 19.9 Å². The first-order valence-electron chi connectivity index (χ1n) is 9.45. The lowest BCUT2D eigenvalue weighted by Gasteiger charge is -2.32. The van der Waals surface area contributed by atoms with Crippen LogP contribution in [0.2, 0.25) is 5.02 Å². The number of benzene rings is 2. The van der Waals surface area contributed by atoms with Crippen LogP contribution < -0.4 is 10.6 Å². The monoisotopic (exact) mass is 425 g/mol. The molecule has 0 aromatic heterocycles. The van der Waals surface area contributed by atoms with Gasteiger partial charge in [0.2, 0.25) is 5.91 Å². The molecule has 0 radical (unpaired) electrons. The van der Waals surface area contributed by atoms with Gasteiger partial charge in [-0.2, -0.15) is 0 Å². The number of hydrogen-bond acceptors (Lipinski definition) is 4. The van der Waals surface area contributed by atoms with Crippen molar-refractivity contribution in [3.05, 3.63) is 75.4 Å². The van der Waals surface area contributed by atoms with E-state index in [1.165, 1.54) is 4.90 Å². The Kier molecular flexibility index (Phi) is 5.22. The molecule has 154 valence electrons. The first-order chi connectivity index (χ1) is 14.3. The largest absolute Gasteiger partial charge is 0.456 e. The summed E-state index contributed by atoms with van der Waals surface area (Å²) in [6, 6.07) is 11.4. The zero-order chi connectivity index (χ0) is 21.4. The van der Waals surface area contributed by atoms with E-state index < -0.39 is 18.0 Å². The minimum absolute atomic E-state index is 0.0531. The maximum Gasteiger partial charge on any atom is 0.338 e. The maximum absolute atomic E-state index is 12.8. The predicted octanol–water partition coefficient (Wildman–Crippen LogP) is 3.47. The summed E-state index contributed by atoms with van der Waals surface area (Å²) >= 11 is 5.94. The highest BCUT2D eigenvalue weighted by Crippen LogP contribution is 2.35. The average Bonchev–Trinajstić information content (AvgIpc) is 3.10. The number of ether oxygens (including phenoxy) is 1. The van der Waals surface area contributed by atoms with Crippen molar-refractivity contribution in [1.29, 1.82) is 0 Å². The van der Waals surface area contributed by atoms with E-state index in [0.29, 0.717) is 27.5 Å². The smallest absolute Gasteiger partial charge is 0.338 e. The van der Waals surface area contributed by atoms with Crippen molar-refractivity contribution >= 4 is 35.2 Å². The summed E-state index contributed by atoms with van der Waals surface area (Å²) in [6.45, 7) is 3.59. The number of carbonyl (C=O) groups is 3. The van der Waals surface area contributed by atoms with Crippen molar-refractivity contribution < 1.29 is 19.1 Å². The fourth-order valence-electron chi connectivity index (χ4n) is 3.60. The van der Waals surface area contributed by atoms with E-state index in [4.69, 9.17) is 16.3 Å². The number of carbonyl (C=O) groups excluding carboxylic acids is 3. The number of cyclic esters (lactones) is 1. The molecule has 2 heterocycles. The number of esters is 1. The Morgan fingerprint density at radius 2 is 1.93 bits per heavy atom. The number of urea groups is 1. The van der Waals surface area contributed by atoms with Crippen molar-refractivity contribution in [1.82, 2.24) is 10.2 Å².